The summed E-state index contributed by atoms with van der Waals surface area (Å²) < 4.78 is 11.1. The molecule has 1 fully saturated rings. The smallest absolute Gasteiger partial charge is 0.169 e. The average Bonchev–Trinajstić information content (AvgIpc) is 3.01. The molecule has 2 heterocycles. The van der Waals surface area contributed by atoms with Crippen LogP contribution in [-0.2, 0) is 0 Å². The highest BCUT2D eigenvalue weighted by Gasteiger charge is 2.18. The summed E-state index contributed by atoms with van der Waals surface area (Å²) in [6, 6.07) is 11.1. The number of ketones is 1. The van der Waals surface area contributed by atoms with Crippen LogP contribution in [0.15, 0.2) is 48.7 Å². The third kappa shape index (κ3) is 5.09. The van der Waals surface area contributed by atoms with Crippen molar-refractivity contribution in [3.8, 4) is 11.5 Å². The number of ether oxygens (including phenoxy) is 2. The van der Waals surface area contributed by atoms with Gasteiger partial charge in [0.2, 0.25) is 0 Å². The number of Topliss-reactive ketones (excluding diaryl/α,β-unsaturated/α-hetero) is 1. The fourth-order valence-electron chi connectivity index (χ4n) is 3.71. The second kappa shape index (κ2) is 9.73. The molecule has 0 amide bonds. The first kappa shape index (κ1) is 21.0. The summed E-state index contributed by atoms with van der Waals surface area (Å²) in [6.07, 6.45) is 4.74. The summed E-state index contributed by atoms with van der Waals surface area (Å²) in [5.41, 5.74) is 1.76. The molecule has 2 aromatic rings. The third-order valence-electron chi connectivity index (χ3n) is 5.41. The van der Waals surface area contributed by atoms with E-state index in [-0.39, 0.29) is 5.78 Å². The van der Waals surface area contributed by atoms with Gasteiger partial charge in [-0.1, -0.05) is 23.2 Å². The molecule has 0 saturated carbocycles. The van der Waals surface area contributed by atoms with Crippen LogP contribution in [0.25, 0.3) is 0 Å². The lowest BCUT2D eigenvalue weighted by Crippen LogP contribution is -2.46. The van der Waals surface area contributed by atoms with Crippen LogP contribution >= 0.6 is 23.2 Å². The van der Waals surface area contributed by atoms with Gasteiger partial charge in [-0.2, -0.15) is 0 Å². The topological polar surface area (TPSA) is 42.0 Å². The number of nitrogens with zero attached hydrogens (tertiary/aromatic N) is 2. The number of halogens is 2. The van der Waals surface area contributed by atoms with E-state index >= 15 is 0 Å². The zero-order valence-corrected chi connectivity index (χ0v) is 18.2. The van der Waals surface area contributed by atoms with E-state index in [1.54, 1.807) is 24.5 Å². The number of carbonyl (C=O) groups excluding carboxylic acids is 1. The van der Waals surface area contributed by atoms with Gasteiger partial charge in [-0.05, 0) is 55.4 Å². The van der Waals surface area contributed by atoms with Crippen molar-refractivity contribution in [3.63, 3.8) is 0 Å². The maximum Gasteiger partial charge on any atom is 0.169 e. The first-order chi connectivity index (χ1) is 14.6. The van der Waals surface area contributed by atoms with Crippen LogP contribution in [0, 0.1) is 0 Å². The van der Waals surface area contributed by atoms with E-state index < -0.39 is 0 Å². The van der Waals surface area contributed by atoms with E-state index in [2.05, 4.69) is 9.80 Å². The molecule has 30 heavy (non-hydrogen) atoms. The van der Waals surface area contributed by atoms with Crippen LogP contribution < -0.4 is 14.4 Å². The fraction of sp³-hybridized carbons (Fsp3) is 0.348. The number of hydrogen-bond acceptors (Lipinski definition) is 5. The zero-order valence-electron chi connectivity index (χ0n) is 16.7. The van der Waals surface area contributed by atoms with Crippen molar-refractivity contribution in [1.29, 1.82) is 0 Å². The Hall–Kier alpha value is -2.21. The van der Waals surface area contributed by atoms with Gasteiger partial charge in [0.05, 0.1) is 16.3 Å². The second-order valence-electron chi connectivity index (χ2n) is 7.42. The molecule has 0 radical (unpaired) electrons. The molecule has 2 aliphatic heterocycles. The van der Waals surface area contributed by atoms with Crippen LogP contribution in [0.5, 0.6) is 11.5 Å². The third-order valence-corrected chi connectivity index (χ3v) is 6.15. The standard InChI is InChI=1S/C23H24Cl2N2O3/c24-19-6-5-18(16-20(19)25)27-11-9-26(10-12-27)8-1-3-21(28)17-4-7-22-23(15-17)30-14-2-13-29-22/h2,4-7,14-16H,1,3,8-13H2. The van der Waals surface area contributed by atoms with Crippen LogP contribution in [0.4, 0.5) is 5.69 Å². The van der Waals surface area contributed by atoms with Gasteiger partial charge in [-0.15, -0.1) is 0 Å². The Morgan fingerprint density at radius 3 is 2.60 bits per heavy atom. The molecule has 0 bridgehead atoms. The van der Waals surface area contributed by atoms with Crippen LogP contribution in [-0.4, -0.2) is 50.0 Å². The Morgan fingerprint density at radius 1 is 0.967 bits per heavy atom. The molecule has 0 spiro atoms. The number of fused-ring (bicyclic) bond motifs is 1. The van der Waals surface area contributed by atoms with Gasteiger partial charge in [0.25, 0.3) is 0 Å². The van der Waals surface area contributed by atoms with Crippen LogP contribution in [0.3, 0.4) is 0 Å². The lowest BCUT2D eigenvalue weighted by atomic mass is 10.1. The normalized spacial score (nSPS) is 16.4. The molecule has 1 saturated heterocycles. The minimum atomic E-state index is 0.129. The van der Waals surface area contributed by atoms with Gasteiger partial charge in [0.1, 0.15) is 6.61 Å². The fourth-order valence-corrected chi connectivity index (χ4v) is 4.00. The lowest BCUT2D eigenvalue weighted by Gasteiger charge is -2.36. The molecule has 0 N–H and O–H groups in total. The lowest BCUT2D eigenvalue weighted by molar-refractivity contribution is 0.0974. The Bertz CT molecular complexity index is 940. The van der Waals surface area contributed by atoms with E-state index in [0.717, 1.165) is 44.8 Å². The summed E-state index contributed by atoms with van der Waals surface area (Å²) in [5.74, 6) is 1.38. The maximum absolute atomic E-state index is 12.6. The quantitative estimate of drug-likeness (QED) is 0.579. The van der Waals surface area contributed by atoms with Crippen molar-refractivity contribution in [3.05, 3.63) is 64.3 Å². The van der Waals surface area contributed by atoms with Gasteiger partial charge in [-0.3, -0.25) is 9.69 Å². The maximum atomic E-state index is 12.6. The van der Waals surface area contributed by atoms with E-state index in [0.29, 0.717) is 40.1 Å². The molecular formula is C23H24Cl2N2O3. The Labute approximate surface area is 186 Å². The molecular weight excluding hydrogens is 423 g/mol. The number of rotatable bonds is 6. The van der Waals surface area contributed by atoms with Crippen molar-refractivity contribution in [2.75, 3.05) is 44.2 Å². The van der Waals surface area contributed by atoms with Crippen molar-refractivity contribution >= 4 is 34.7 Å². The number of benzene rings is 2. The minimum absolute atomic E-state index is 0.129. The predicted octanol–water partition coefficient (Wildman–Crippen LogP) is 5.06. The Balaban J connectivity index is 1.23. The first-order valence-electron chi connectivity index (χ1n) is 10.1. The largest absolute Gasteiger partial charge is 0.485 e. The number of carbonyl (C=O) groups is 1. The van der Waals surface area contributed by atoms with E-state index in [1.807, 2.05) is 24.3 Å². The molecule has 5 nitrogen and oxygen atoms in total. The summed E-state index contributed by atoms with van der Waals surface area (Å²) in [6.45, 7) is 5.17. The van der Waals surface area contributed by atoms with E-state index in [9.17, 15) is 4.79 Å². The monoisotopic (exact) mass is 446 g/mol. The number of hydrogen-bond donors (Lipinski definition) is 0. The predicted molar refractivity (Wildman–Crippen MR) is 120 cm³/mol. The van der Waals surface area contributed by atoms with Crippen LogP contribution in [0.1, 0.15) is 23.2 Å². The second-order valence-corrected chi connectivity index (χ2v) is 8.23. The SMILES string of the molecule is O=C(CCCN1CCN(c2ccc(Cl)c(Cl)c2)CC1)c1ccc2c(c1)OC=CCO2. The molecule has 158 valence electrons. The Kier molecular flexibility index (Phi) is 6.82. The zero-order chi connectivity index (χ0) is 20.9. The van der Waals surface area contributed by atoms with Gasteiger partial charge < -0.3 is 14.4 Å². The summed E-state index contributed by atoms with van der Waals surface area (Å²) in [4.78, 5) is 17.3. The van der Waals surface area contributed by atoms with E-state index in [1.165, 1.54) is 0 Å². The highest BCUT2D eigenvalue weighted by atomic mass is 35.5. The summed E-state index contributed by atoms with van der Waals surface area (Å²) in [7, 11) is 0. The van der Waals surface area contributed by atoms with Crippen molar-refractivity contribution in [2.24, 2.45) is 0 Å². The molecule has 0 unspecified atom stereocenters. The van der Waals surface area contributed by atoms with Gasteiger partial charge in [0.15, 0.2) is 17.3 Å². The highest BCUT2D eigenvalue weighted by molar-refractivity contribution is 6.42. The van der Waals surface area contributed by atoms with Gasteiger partial charge >= 0.3 is 0 Å². The number of anilines is 1. The van der Waals surface area contributed by atoms with Crippen molar-refractivity contribution in [2.45, 2.75) is 12.8 Å². The minimum Gasteiger partial charge on any atom is -0.485 e. The summed E-state index contributed by atoms with van der Waals surface area (Å²) in [5, 5.41) is 1.16. The van der Waals surface area contributed by atoms with Gasteiger partial charge in [0, 0.05) is 43.9 Å². The molecule has 2 aliphatic rings. The highest BCUT2D eigenvalue weighted by Crippen LogP contribution is 2.31. The Morgan fingerprint density at radius 2 is 1.80 bits per heavy atom. The first-order valence-corrected chi connectivity index (χ1v) is 10.9. The van der Waals surface area contributed by atoms with E-state index in [4.69, 9.17) is 32.7 Å². The molecule has 0 aromatic heterocycles. The van der Waals surface area contributed by atoms with Gasteiger partial charge in [-0.25, -0.2) is 0 Å². The molecule has 0 aliphatic carbocycles. The summed E-state index contributed by atoms with van der Waals surface area (Å²) >= 11 is 12.1. The molecule has 4 rings (SSSR count). The molecule has 7 heteroatoms. The number of piperazine rings is 1. The van der Waals surface area contributed by atoms with Crippen molar-refractivity contribution in [1.82, 2.24) is 4.90 Å². The van der Waals surface area contributed by atoms with Crippen LogP contribution in [0.2, 0.25) is 10.0 Å². The molecule has 0 atom stereocenters. The molecule has 2 aromatic carbocycles. The average molecular weight is 447 g/mol. The van der Waals surface area contributed by atoms with Crippen molar-refractivity contribution < 1.29 is 14.3 Å².